The second kappa shape index (κ2) is 7.03. The van der Waals surface area contributed by atoms with Crippen LogP contribution < -0.4 is 0 Å². The molecule has 1 aliphatic rings. The average molecular weight is 353 g/mol. The van der Waals surface area contributed by atoms with Crippen molar-refractivity contribution in [2.75, 3.05) is 25.2 Å². The Bertz CT molecular complexity index is 270. The van der Waals surface area contributed by atoms with E-state index in [1.807, 2.05) is 0 Å². The van der Waals surface area contributed by atoms with Crippen LogP contribution in [0.4, 0.5) is 0 Å². The minimum Gasteiger partial charge on any atom is -0.411 e. The number of ether oxygens (including phenoxy) is 2. The summed E-state index contributed by atoms with van der Waals surface area (Å²) in [5.74, 6) is -0.488. The van der Waals surface area contributed by atoms with Gasteiger partial charge in [0.2, 0.25) is 0 Å². The number of hydrogen-bond acceptors (Lipinski definition) is 3. The van der Waals surface area contributed by atoms with Gasteiger partial charge in [0.05, 0.1) is 19.8 Å². The largest absolute Gasteiger partial charge is 0.411 e. The Morgan fingerprint density at radius 1 is 1.16 bits per heavy atom. The third-order valence-electron chi connectivity index (χ3n) is 4.21. The summed E-state index contributed by atoms with van der Waals surface area (Å²) in [6.45, 7) is 13.3. The number of halogens is 1. The molecule has 1 heterocycles. The van der Waals surface area contributed by atoms with E-state index in [0.29, 0.717) is 19.8 Å². The Morgan fingerprint density at radius 2 is 1.74 bits per heavy atom. The molecule has 114 valence electrons. The van der Waals surface area contributed by atoms with E-state index < -0.39 is 14.1 Å². The fraction of sp³-hybridized carbons (Fsp3) is 1.00. The van der Waals surface area contributed by atoms with Crippen molar-refractivity contribution < 1.29 is 13.9 Å². The Morgan fingerprint density at radius 3 is 2.21 bits per heavy atom. The molecule has 0 N–H and O–H groups in total. The van der Waals surface area contributed by atoms with Gasteiger partial charge in [0, 0.05) is 11.8 Å². The maximum absolute atomic E-state index is 6.29. The van der Waals surface area contributed by atoms with Gasteiger partial charge in [-0.1, -0.05) is 36.7 Å². The smallest absolute Gasteiger partial charge is 0.192 e. The summed E-state index contributed by atoms with van der Waals surface area (Å²) in [6, 6.07) is 0. The molecule has 0 aliphatic carbocycles. The van der Waals surface area contributed by atoms with Crippen LogP contribution in [0.3, 0.4) is 0 Å². The van der Waals surface area contributed by atoms with Crippen molar-refractivity contribution in [3.63, 3.8) is 0 Å². The molecule has 0 aromatic carbocycles. The first-order valence-corrected chi connectivity index (χ1v) is 11.2. The SMILES string of the molecule is CC(C)(C)[Si](C)(C)OCC1(CCCCBr)OCCO1. The third kappa shape index (κ3) is 5.12. The van der Waals surface area contributed by atoms with Gasteiger partial charge in [0.1, 0.15) is 0 Å². The molecule has 5 heteroatoms. The van der Waals surface area contributed by atoms with Crippen LogP contribution in [0.15, 0.2) is 0 Å². The predicted octanol–water partition coefficient (Wildman–Crippen LogP) is 4.32. The van der Waals surface area contributed by atoms with Crippen LogP contribution in [0, 0.1) is 0 Å². The van der Waals surface area contributed by atoms with Gasteiger partial charge < -0.3 is 13.9 Å². The lowest BCUT2D eigenvalue weighted by Crippen LogP contribution is -2.46. The van der Waals surface area contributed by atoms with Gasteiger partial charge in [0.25, 0.3) is 0 Å². The van der Waals surface area contributed by atoms with Crippen LogP contribution in [0.25, 0.3) is 0 Å². The molecule has 1 rings (SSSR count). The summed E-state index contributed by atoms with van der Waals surface area (Å²) in [6.07, 6.45) is 3.17. The van der Waals surface area contributed by atoms with Crippen LogP contribution >= 0.6 is 15.9 Å². The predicted molar refractivity (Wildman–Crippen MR) is 85.4 cm³/mol. The molecule has 3 nitrogen and oxygen atoms in total. The highest BCUT2D eigenvalue weighted by atomic mass is 79.9. The van der Waals surface area contributed by atoms with Crippen LogP contribution in [0.2, 0.25) is 18.1 Å². The minimum atomic E-state index is -1.74. The maximum Gasteiger partial charge on any atom is 0.192 e. The van der Waals surface area contributed by atoms with E-state index >= 15 is 0 Å². The number of hydrogen-bond donors (Lipinski definition) is 0. The van der Waals surface area contributed by atoms with E-state index in [1.54, 1.807) is 0 Å². The van der Waals surface area contributed by atoms with E-state index in [-0.39, 0.29) is 5.04 Å². The molecule has 0 unspecified atom stereocenters. The lowest BCUT2D eigenvalue weighted by molar-refractivity contribution is -0.184. The first-order valence-electron chi connectivity index (χ1n) is 7.20. The summed E-state index contributed by atoms with van der Waals surface area (Å²) in [5.41, 5.74) is 0. The Labute approximate surface area is 127 Å². The molecule has 0 radical (unpaired) electrons. The summed E-state index contributed by atoms with van der Waals surface area (Å²) < 4.78 is 18.0. The van der Waals surface area contributed by atoms with Crippen molar-refractivity contribution in [3.8, 4) is 0 Å². The van der Waals surface area contributed by atoms with Crippen LogP contribution in [0.5, 0.6) is 0 Å². The maximum atomic E-state index is 6.29. The van der Waals surface area contributed by atoms with E-state index in [4.69, 9.17) is 13.9 Å². The summed E-state index contributed by atoms with van der Waals surface area (Å²) in [4.78, 5) is 0. The normalized spacial score (nSPS) is 19.9. The molecule has 1 fully saturated rings. The summed E-state index contributed by atoms with van der Waals surface area (Å²) in [7, 11) is -1.74. The highest BCUT2D eigenvalue weighted by molar-refractivity contribution is 9.09. The first kappa shape index (κ1) is 17.6. The fourth-order valence-electron chi connectivity index (χ4n) is 1.79. The lowest BCUT2D eigenvalue weighted by Gasteiger charge is -2.39. The van der Waals surface area contributed by atoms with E-state index in [1.165, 1.54) is 0 Å². The molecule has 19 heavy (non-hydrogen) atoms. The lowest BCUT2D eigenvalue weighted by atomic mass is 10.1. The molecule has 0 spiro atoms. The molecule has 1 saturated heterocycles. The van der Waals surface area contributed by atoms with Gasteiger partial charge in [-0.2, -0.15) is 0 Å². The quantitative estimate of drug-likeness (QED) is 0.388. The molecule has 0 saturated carbocycles. The number of rotatable bonds is 7. The van der Waals surface area contributed by atoms with E-state index in [9.17, 15) is 0 Å². The third-order valence-corrected chi connectivity index (χ3v) is 9.25. The molecule has 0 aromatic rings. The van der Waals surface area contributed by atoms with Crippen molar-refractivity contribution in [2.24, 2.45) is 0 Å². The summed E-state index contributed by atoms with van der Waals surface area (Å²) in [5, 5.41) is 1.26. The Hall–Kier alpha value is 0.577. The highest BCUT2D eigenvalue weighted by Gasteiger charge is 2.42. The zero-order valence-electron chi connectivity index (χ0n) is 13.1. The Balaban J connectivity index is 2.55. The van der Waals surface area contributed by atoms with Crippen molar-refractivity contribution in [3.05, 3.63) is 0 Å². The molecule has 0 atom stereocenters. The molecule has 0 bridgehead atoms. The minimum absolute atomic E-state index is 0.225. The summed E-state index contributed by atoms with van der Waals surface area (Å²) >= 11 is 3.47. The molecule has 0 amide bonds. The highest BCUT2D eigenvalue weighted by Crippen LogP contribution is 2.38. The van der Waals surface area contributed by atoms with Gasteiger partial charge in [-0.3, -0.25) is 0 Å². The zero-order valence-corrected chi connectivity index (χ0v) is 15.6. The van der Waals surface area contributed by atoms with Crippen molar-refractivity contribution in [2.45, 2.75) is 64.0 Å². The van der Waals surface area contributed by atoms with E-state index in [0.717, 1.165) is 24.6 Å². The van der Waals surface area contributed by atoms with Gasteiger partial charge in [-0.25, -0.2) is 0 Å². The average Bonchev–Trinajstić information content (AvgIpc) is 2.75. The fourth-order valence-corrected chi connectivity index (χ4v) is 3.20. The van der Waals surface area contributed by atoms with Gasteiger partial charge in [-0.05, 0) is 31.0 Å². The number of unbranched alkanes of at least 4 members (excludes halogenated alkanes) is 1. The zero-order chi connectivity index (χ0) is 14.6. The van der Waals surface area contributed by atoms with Gasteiger partial charge in [0.15, 0.2) is 14.1 Å². The van der Waals surface area contributed by atoms with Crippen molar-refractivity contribution in [1.82, 2.24) is 0 Å². The Kier molecular flexibility index (Phi) is 6.52. The van der Waals surface area contributed by atoms with Crippen LogP contribution in [-0.4, -0.2) is 39.3 Å². The second-order valence-corrected chi connectivity index (χ2v) is 12.4. The van der Waals surface area contributed by atoms with Gasteiger partial charge in [-0.15, -0.1) is 0 Å². The first-order chi connectivity index (χ1) is 8.72. The van der Waals surface area contributed by atoms with E-state index in [2.05, 4.69) is 49.8 Å². The number of alkyl halides is 1. The molecular formula is C14H29BrO3Si. The van der Waals surface area contributed by atoms with Crippen LogP contribution in [-0.2, 0) is 13.9 Å². The monoisotopic (exact) mass is 352 g/mol. The molecule has 1 aliphatic heterocycles. The second-order valence-electron chi connectivity index (χ2n) is 6.80. The van der Waals surface area contributed by atoms with Crippen molar-refractivity contribution in [1.29, 1.82) is 0 Å². The van der Waals surface area contributed by atoms with Crippen LogP contribution in [0.1, 0.15) is 40.0 Å². The van der Waals surface area contributed by atoms with Crippen molar-refractivity contribution >= 4 is 24.2 Å². The molecule has 0 aromatic heterocycles. The molecular weight excluding hydrogens is 324 g/mol. The standard InChI is InChI=1S/C14H29BrO3Si/c1-13(2,3)19(4,5)18-12-14(8-6-7-9-15)16-10-11-17-14/h6-12H2,1-5H3. The topological polar surface area (TPSA) is 27.7 Å². The van der Waals surface area contributed by atoms with Gasteiger partial charge >= 0.3 is 0 Å².